The first kappa shape index (κ1) is 32.3. The van der Waals surface area contributed by atoms with Gasteiger partial charge in [0, 0.05) is 72.2 Å². The van der Waals surface area contributed by atoms with E-state index >= 15 is 0 Å². The van der Waals surface area contributed by atoms with Gasteiger partial charge in [0.25, 0.3) is 0 Å². The molecule has 1 fully saturated rings. The van der Waals surface area contributed by atoms with Gasteiger partial charge in [-0.2, -0.15) is 0 Å². The third-order valence-electron chi connectivity index (χ3n) is 8.59. The number of benzene rings is 2. The van der Waals surface area contributed by atoms with E-state index < -0.39 is 0 Å². The standard InChI is InChI=1S/C18H20N2O4.C17H15ClN4S/c1-13(21)19-7-9-20(10-8-19)18(23)5-4-16(22)15-3-2-14-6-11-24-17(14)12-15;1-9-10(2)23-17-15(9)16(12-4-6-13(18)7-5-12)19-8-14-21-20-11(3)22(14)17/h2-5,12H,6-11H2,1H3;4-7H,8H2,1-3H3/b5-4+;. The van der Waals surface area contributed by atoms with E-state index in [4.69, 9.17) is 21.3 Å². The lowest BCUT2D eigenvalue weighted by molar-refractivity contribution is -0.135. The van der Waals surface area contributed by atoms with Crippen molar-refractivity contribution < 1.29 is 19.1 Å². The second-order valence-electron chi connectivity index (χ2n) is 11.6. The number of carbonyl (C=O) groups is 3. The lowest BCUT2D eigenvalue weighted by atomic mass is 10.00. The van der Waals surface area contributed by atoms with Crippen LogP contribution in [0, 0.1) is 20.8 Å². The molecular formula is C35H35ClN6O4S. The summed E-state index contributed by atoms with van der Waals surface area (Å²) in [5.41, 5.74) is 6.14. The molecule has 0 atom stereocenters. The molecule has 3 aliphatic heterocycles. The molecule has 10 nitrogen and oxygen atoms in total. The molecule has 0 spiro atoms. The van der Waals surface area contributed by atoms with E-state index in [-0.39, 0.29) is 17.6 Å². The first-order chi connectivity index (χ1) is 22.6. The Bertz CT molecular complexity index is 1920. The van der Waals surface area contributed by atoms with Crippen LogP contribution in [0.15, 0.2) is 59.6 Å². The van der Waals surface area contributed by atoms with Crippen LogP contribution in [0.2, 0.25) is 5.02 Å². The molecule has 0 bridgehead atoms. The van der Waals surface area contributed by atoms with Gasteiger partial charge in [-0.05, 0) is 56.2 Å². The van der Waals surface area contributed by atoms with Gasteiger partial charge in [-0.3, -0.25) is 23.9 Å². The van der Waals surface area contributed by atoms with Gasteiger partial charge >= 0.3 is 0 Å². The van der Waals surface area contributed by atoms with E-state index in [1.165, 1.54) is 35.1 Å². The summed E-state index contributed by atoms with van der Waals surface area (Å²) in [5.74, 6) is 2.13. The molecule has 2 aromatic carbocycles. The first-order valence-electron chi connectivity index (χ1n) is 15.4. The lowest BCUT2D eigenvalue weighted by Crippen LogP contribution is -2.49. The molecule has 0 aliphatic carbocycles. The molecule has 2 amide bonds. The maximum atomic E-state index is 12.2. The fraction of sp³-hybridized carbons (Fsp3) is 0.314. The van der Waals surface area contributed by atoms with E-state index in [9.17, 15) is 14.4 Å². The zero-order valence-electron chi connectivity index (χ0n) is 26.7. The Balaban J connectivity index is 0.000000164. The van der Waals surface area contributed by atoms with Crippen molar-refractivity contribution in [3.8, 4) is 10.8 Å². The molecule has 242 valence electrons. The summed E-state index contributed by atoms with van der Waals surface area (Å²) in [5, 5.41) is 10.4. The van der Waals surface area contributed by atoms with Gasteiger partial charge in [-0.1, -0.05) is 35.9 Å². The second kappa shape index (κ2) is 13.6. The maximum Gasteiger partial charge on any atom is 0.246 e. The number of aliphatic imine (C=N–C) groups is 1. The summed E-state index contributed by atoms with van der Waals surface area (Å²) >= 11 is 7.80. The van der Waals surface area contributed by atoms with Crippen molar-refractivity contribution in [2.24, 2.45) is 4.99 Å². The number of allylic oxidation sites excluding steroid dienone is 1. The summed E-state index contributed by atoms with van der Waals surface area (Å²) in [7, 11) is 0. The average molecular weight is 671 g/mol. The molecule has 0 N–H and O–H groups in total. The molecule has 3 aliphatic rings. The highest BCUT2D eigenvalue weighted by molar-refractivity contribution is 7.15. The number of rotatable bonds is 4. The maximum absolute atomic E-state index is 12.2. The number of thiophene rings is 1. The van der Waals surface area contributed by atoms with Crippen molar-refractivity contribution in [3.05, 3.63) is 104 Å². The molecule has 4 aromatic rings. The Labute approximate surface area is 282 Å². The van der Waals surface area contributed by atoms with Crippen LogP contribution in [-0.2, 0) is 22.6 Å². The minimum Gasteiger partial charge on any atom is -0.493 e. The Kier molecular flexibility index (Phi) is 9.38. The third kappa shape index (κ3) is 6.77. The SMILES string of the molecule is CC(=O)N1CCN(C(=O)/C=C/C(=O)c2ccc3c(c2)OCC3)CC1.Cc1sc2c(c1C)C(c1ccc(Cl)cc1)=NCc1nnc(C)n1-2. The number of ether oxygens (including phenoxy) is 1. The molecule has 12 heteroatoms. The molecule has 0 unspecified atom stereocenters. The number of carbonyl (C=O) groups excluding carboxylic acids is 3. The van der Waals surface area contributed by atoms with Crippen LogP contribution in [0.5, 0.6) is 5.75 Å². The summed E-state index contributed by atoms with van der Waals surface area (Å²) in [6.07, 6.45) is 3.47. The fourth-order valence-electron chi connectivity index (χ4n) is 5.80. The number of aryl methyl sites for hydroxylation is 2. The molecule has 7 rings (SSSR count). The number of ketones is 1. The number of aromatic nitrogens is 3. The summed E-state index contributed by atoms with van der Waals surface area (Å²) in [4.78, 5) is 45.1. The molecule has 0 saturated carbocycles. The van der Waals surface area contributed by atoms with E-state index in [1.807, 2.05) is 37.3 Å². The quantitative estimate of drug-likeness (QED) is 0.215. The first-order valence-corrected chi connectivity index (χ1v) is 16.6. The highest BCUT2D eigenvalue weighted by atomic mass is 35.5. The smallest absolute Gasteiger partial charge is 0.246 e. The van der Waals surface area contributed by atoms with Crippen LogP contribution >= 0.6 is 22.9 Å². The number of nitrogens with zero attached hydrogens (tertiary/aromatic N) is 6. The monoisotopic (exact) mass is 670 g/mol. The van der Waals surface area contributed by atoms with Crippen molar-refractivity contribution in [1.82, 2.24) is 24.6 Å². The van der Waals surface area contributed by atoms with E-state index in [2.05, 4.69) is 28.6 Å². The van der Waals surface area contributed by atoms with Crippen molar-refractivity contribution in [2.45, 2.75) is 40.7 Å². The second-order valence-corrected chi connectivity index (χ2v) is 13.2. The lowest BCUT2D eigenvalue weighted by Gasteiger charge is -2.33. The number of hydrogen-bond donors (Lipinski definition) is 0. The fourth-order valence-corrected chi connectivity index (χ4v) is 7.15. The zero-order chi connectivity index (χ0) is 33.2. The highest BCUT2D eigenvalue weighted by Gasteiger charge is 2.26. The Morgan fingerprint density at radius 3 is 2.38 bits per heavy atom. The normalized spacial score (nSPS) is 15.1. The van der Waals surface area contributed by atoms with Crippen molar-refractivity contribution >= 4 is 46.2 Å². The number of fused-ring (bicyclic) bond motifs is 4. The van der Waals surface area contributed by atoms with Gasteiger partial charge in [0.1, 0.15) is 23.1 Å². The molecular weight excluding hydrogens is 636 g/mol. The number of amides is 2. The molecule has 2 aromatic heterocycles. The predicted octanol–water partition coefficient (Wildman–Crippen LogP) is 5.31. The van der Waals surface area contributed by atoms with E-state index in [0.29, 0.717) is 44.9 Å². The van der Waals surface area contributed by atoms with Crippen LogP contribution in [0.4, 0.5) is 0 Å². The van der Waals surface area contributed by atoms with Gasteiger partial charge in [-0.15, -0.1) is 21.5 Å². The Hall–Kier alpha value is -4.61. The van der Waals surface area contributed by atoms with Crippen LogP contribution in [0.1, 0.15) is 56.1 Å². The van der Waals surface area contributed by atoms with Gasteiger partial charge in [-0.25, -0.2) is 0 Å². The number of hydrogen-bond acceptors (Lipinski definition) is 8. The van der Waals surface area contributed by atoms with Gasteiger partial charge < -0.3 is 14.5 Å². The van der Waals surface area contributed by atoms with Crippen LogP contribution in [0.25, 0.3) is 5.00 Å². The van der Waals surface area contributed by atoms with Gasteiger partial charge in [0.2, 0.25) is 11.8 Å². The summed E-state index contributed by atoms with van der Waals surface area (Å²) < 4.78 is 7.59. The molecule has 1 saturated heterocycles. The minimum absolute atomic E-state index is 0.0200. The van der Waals surface area contributed by atoms with Gasteiger partial charge in [0.05, 0.1) is 12.3 Å². The van der Waals surface area contributed by atoms with E-state index in [0.717, 1.165) is 50.7 Å². The Morgan fingerprint density at radius 1 is 0.936 bits per heavy atom. The highest BCUT2D eigenvalue weighted by Crippen LogP contribution is 2.36. The topological polar surface area (TPSA) is 110 Å². The third-order valence-corrected chi connectivity index (χ3v) is 10.0. The van der Waals surface area contributed by atoms with Crippen molar-refractivity contribution in [2.75, 3.05) is 32.8 Å². The number of halogens is 1. The van der Waals surface area contributed by atoms with Crippen molar-refractivity contribution in [1.29, 1.82) is 0 Å². The van der Waals surface area contributed by atoms with Gasteiger partial charge in [0.15, 0.2) is 11.6 Å². The van der Waals surface area contributed by atoms with E-state index in [1.54, 1.807) is 33.3 Å². The summed E-state index contributed by atoms with van der Waals surface area (Å²) in [6.45, 7) is 11.0. The predicted molar refractivity (Wildman–Crippen MR) is 182 cm³/mol. The average Bonchev–Trinajstić information content (AvgIpc) is 3.74. The molecule has 47 heavy (non-hydrogen) atoms. The summed E-state index contributed by atoms with van der Waals surface area (Å²) in [6, 6.07) is 13.2. The zero-order valence-corrected chi connectivity index (χ0v) is 28.3. The largest absolute Gasteiger partial charge is 0.493 e. The van der Waals surface area contributed by atoms with Crippen LogP contribution in [-0.4, -0.2) is 80.7 Å². The number of piperazine rings is 1. The minimum atomic E-state index is -0.218. The molecule has 5 heterocycles. The van der Waals surface area contributed by atoms with Crippen LogP contribution in [0.3, 0.4) is 0 Å². The Morgan fingerprint density at radius 2 is 1.66 bits per heavy atom. The molecule has 0 radical (unpaired) electrons. The van der Waals surface area contributed by atoms with Crippen LogP contribution < -0.4 is 4.74 Å². The van der Waals surface area contributed by atoms with Crippen molar-refractivity contribution in [3.63, 3.8) is 0 Å².